The van der Waals surface area contributed by atoms with Crippen LogP contribution >= 0.6 is 0 Å². The zero-order valence-corrected chi connectivity index (χ0v) is 17.5. The summed E-state index contributed by atoms with van der Waals surface area (Å²) >= 11 is 0. The molecule has 2 bridgehead atoms. The number of amides is 2. The summed E-state index contributed by atoms with van der Waals surface area (Å²) in [5, 5.41) is 0. The van der Waals surface area contributed by atoms with Crippen molar-refractivity contribution >= 4 is 11.8 Å². The summed E-state index contributed by atoms with van der Waals surface area (Å²) in [5.74, 6) is 1.60. The number of likely N-dealkylation sites (tertiary alicyclic amines) is 1. The number of rotatable bonds is 5. The number of carbonyl (C=O) groups excluding carboxylic acids is 2. The third-order valence-corrected chi connectivity index (χ3v) is 7.57. The molecule has 2 amide bonds. The van der Waals surface area contributed by atoms with E-state index in [1.807, 2.05) is 16.8 Å². The van der Waals surface area contributed by atoms with Crippen LogP contribution in [0.15, 0.2) is 0 Å². The van der Waals surface area contributed by atoms with Gasteiger partial charge in [-0.3, -0.25) is 9.59 Å². The van der Waals surface area contributed by atoms with Crippen LogP contribution in [-0.4, -0.2) is 86.0 Å². The van der Waals surface area contributed by atoms with E-state index in [9.17, 15) is 9.59 Å². The van der Waals surface area contributed by atoms with Crippen molar-refractivity contribution in [3.8, 4) is 0 Å². The van der Waals surface area contributed by atoms with Crippen LogP contribution in [0.4, 0.5) is 0 Å². The van der Waals surface area contributed by atoms with Gasteiger partial charge >= 0.3 is 0 Å². The van der Waals surface area contributed by atoms with Crippen LogP contribution in [0.25, 0.3) is 0 Å². The van der Waals surface area contributed by atoms with Crippen molar-refractivity contribution in [2.45, 2.75) is 51.4 Å². The largest absolute Gasteiger partial charge is 0.381 e. The summed E-state index contributed by atoms with van der Waals surface area (Å²) in [6.45, 7) is 7.38. The van der Waals surface area contributed by atoms with Crippen molar-refractivity contribution in [3.05, 3.63) is 0 Å². The third kappa shape index (κ3) is 4.38. The second kappa shape index (κ2) is 8.70. The molecule has 6 nitrogen and oxygen atoms in total. The number of piperidine rings is 3. The Kier molecular flexibility index (Phi) is 6.26. The topological polar surface area (TPSA) is 53.1 Å². The van der Waals surface area contributed by atoms with Crippen molar-refractivity contribution in [1.29, 1.82) is 0 Å². The summed E-state index contributed by atoms with van der Waals surface area (Å²) in [4.78, 5) is 32.4. The van der Waals surface area contributed by atoms with Crippen LogP contribution in [0.1, 0.15) is 51.4 Å². The Bertz CT molecular complexity index is 557. The van der Waals surface area contributed by atoms with Gasteiger partial charge in [0, 0.05) is 52.9 Å². The van der Waals surface area contributed by atoms with Crippen molar-refractivity contribution in [2.24, 2.45) is 17.3 Å². The predicted molar refractivity (Wildman–Crippen MR) is 108 cm³/mol. The average molecular weight is 392 g/mol. The van der Waals surface area contributed by atoms with Crippen molar-refractivity contribution < 1.29 is 14.3 Å². The average Bonchev–Trinajstić information content (AvgIpc) is 3.21. The van der Waals surface area contributed by atoms with Crippen LogP contribution in [0.3, 0.4) is 0 Å². The Morgan fingerprint density at radius 1 is 1.04 bits per heavy atom. The zero-order chi connectivity index (χ0) is 19.6. The minimum absolute atomic E-state index is 0.120. The molecule has 0 aromatic heterocycles. The normalized spacial score (nSPS) is 33.7. The summed E-state index contributed by atoms with van der Waals surface area (Å²) in [5.41, 5.74) is -0.120. The zero-order valence-electron chi connectivity index (χ0n) is 17.5. The van der Waals surface area contributed by atoms with Gasteiger partial charge < -0.3 is 19.4 Å². The highest BCUT2D eigenvalue weighted by atomic mass is 16.5. The van der Waals surface area contributed by atoms with Gasteiger partial charge in [0.2, 0.25) is 11.8 Å². The van der Waals surface area contributed by atoms with E-state index < -0.39 is 0 Å². The highest BCUT2D eigenvalue weighted by Gasteiger charge is 2.45. The van der Waals surface area contributed by atoms with Gasteiger partial charge in [-0.2, -0.15) is 0 Å². The Hall–Kier alpha value is -1.14. The number of ether oxygens (including phenoxy) is 1. The highest BCUT2D eigenvalue weighted by molar-refractivity contribution is 5.83. The summed E-state index contributed by atoms with van der Waals surface area (Å²) in [6.07, 6.45) is 8.14. The van der Waals surface area contributed by atoms with E-state index in [2.05, 4.69) is 4.90 Å². The molecular weight excluding hydrogens is 354 g/mol. The SMILES string of the molecule is CN(CC1CCN(C(=O)CC2CCOC2)CC1)C(=O)C12CCCN(CCC1)C2. The van der Waals surface area contributed by atoms with Gasteiger partial charge in [-0.15, -0.1) is 0 Å². The van der Waals surface area contributed by atoms with Crippen LogP contribution in [0, 0.1) is 17.3 Å². The lowest BCUT2D eigenvalue weighted by molar-refractivity contribution is -0.148. The van der Waals surface area contributed by atoms with Gasteiger partial charge in [0.25, 0.3) is 0 Å². The van der Waals surface area contributed by atoms with Crippen molar-refractivity contribution in [3.63, 3.8) is 0 Å². The molecule has 0 spiro atoms. The molecule has 6 heteroatoms. The van der Waals surface area contributed by atoms with Crippen LogP contribution < -0.4 is 0 Å². The Morgan fingerprint density at radius 3 is 2.39 bits per heavy atom. The van der Waals surface area contributed by atoms with Crippen LogP contribution in [0.2, 0.25) is 0 Å². The van der Waals surface area contributed by atoms with E-state index in [0.29, 0.717) is 30.1 Å². The Balaban J connectivity index is 1.24. The summed E-state index contributed by atoms with van der Waals surface area (Å²) in [6, 6.07) is 0. The number of nitrogens with zero attached hydrogens (tertiary/aromatic N) is 3. The van der Waals surface area contributed by atoms with Gasteiger partial charge in [0.05, 0.1) is 5.41 Å². The molecule has 0 aliphatic carbocycles. The first-order valence-corrected chi connectivity index (χ1v) is 11.4. The number of carbonyl (C=O) groups is 2. The smallest absolute Gasteiger partial charge is 0.229 e. The molecule has 4 aliphatic rings. The van der Waals surface area contributed by atoms with Crippen molar-refractivity contribution in [2.75, 3.05) is 59.5 Å². The molecule has 0 aromatic rings. The molecule has 4 heterocycles. The Labute approximate surface area is 169 Å². The molecule has 4 saturated heterocycles. The predicted octanol–water partition coefficient (Wildman–Crippen LogP) is 1.99. The second-order valence-corrected chi connectivity index (χ2v) is 9.71. The quantitative estimate of drug-likeness (QED) is 0.719. The maximum absolute atomic E-state index is 13.3. The number of fused-ring (bicyclic) bond motifs is 2. The maximum atomic E-state index is 13.3. The minimum Gasteiger partial charge on any atom is -0.381 e. The third-order valence-electron chi connectivity index (χ3n) is 7.57. The highest BCUT2D eigenvalue weighted by Crippen LogP contribution is 2.40. The standard InChI is InChI=1S/C22H37N3O3/c1-23(21(27)22-7-2-9-24(17-22)10-3-8-22)15-18-4-11-25(12-5-18)20(26)14-19-6-13-28-16-19/h18-19H,2-17H2,1H3. The van der Waals surface area contributed by atoms with Gasteiger partial charge in [0.1, 0.15) is 0 Å². The van der Waals surface area contributed by atoms with E-state index in [1.165, 1.54) is 0 Å². The Morgan fingerprint density at radius 2 is 1.75 bits per heavy atom. The van der Waals surface area contributed by atoms with Crippen LogP contribution in [-0.2, 0) is 14.3 Å². The molecule has 1 atom stereocenters. The van der Waals surface area contributed by atoms with Gasteiger partial charge in [-0.05, 0) is 69.9 Å². The van der Waals surface area contributed by atoms with E-state index in [4.69, 9.17) is 4.74 Å². The first-order valence-electron chi connectivity index (χ1n) is 11.4. The molecule has 4 rings (SSSR count). The molecule has 0 N–H and O–H groups in total. The van der Waals surface area contributed by atoms with E-state index >= 15 is 0 Å². The van der Waals surface area contributed by atoms with E-state index in [-0.39, 0.29) is 5.41 Å². The lowest BCUT2D eigenvalue weighted by Crippen LogP contribution is -2.56. The fourth-order valence-electron chi connectivity index (χ4n) is 5.91. The molecule has 0 aromatic carbocycles. The first-order chi connectivity index (χ1) is 13.6. The van der Waals surface area contributed by atoms with E-state index in [0.717, 1.165) is 97.4 Å². The molecule has 4 fully saturated rings. The van der Waals surface area contributed by atoms with E-state index in [1.54, 1.807) is 0 Å². The fourth-order valence-corrected chi connectivity index (χ4v) is 5.91. The number of hydrogen-bond acceptors (Lipinski definition) is 4. The molecule has 158 valence electrons. The summed E-state index contributed by atoms with van der Waals surface area (Å²) in [7, 11) is 2.00. The van der Waals surface area contributed by atoms with Gasteiger partial charge in [-0.1, -0.05) is 0 Å². The molecule has 0 radical (unpaired) electrons. The van der Waals surface area contributed by atoms with Gasteiger partial charge in [0.15, 0.2) is 0 Å². The number of hydrogen-bond donors (Lipinski definition) is 0. The summed E-state index contributed by atoms with van der Waals surface area (Å²) < 4.78 is 5.40. The van der Waals surface area contributed by atoms with Crippen molar-refractivity contribution in [1.82, 2.24) is 14.7 Å². The molecule has 0 saturated carbocycles. The first kappa shape index (κ1) is 20.1. The molecule has 4 aliphatic heterocycles. The minimum atomic E-state index is -0.120. The lowest BCUT2D eigenvalue weighted by atomic mass is 9.72. The monoisotopic (exact) mass is 391 g/mol. The maximum Gasteiger partial charge on any atom is 0.229 e. The second-order valence-electron chi connectivity index (χ2n) is 9.71. The molecule has 1 unspecified atom stereocenters. The molecular formula is C22H37N3O3. The molecule has 28 heavy (non-hydrogen) atoms. The van der Waals surface area contributed by atoms with Gasteiger partial charge in [-0.25, -0.2) is 0 Å². The fraction of sp³-hybridized carbons (Fsp3) is 0.909. The lowest BCUT2D eigenvalue weighted by Gasteiger charge is -2.47. The van der Waals surface area contributed by atoms with Crippen LogP contribution in [0.5, 0.6) is 0 Å².